The predicted octanol–water partition coefficient (Wildman–Crippen LogP) is 3.76. The zero-order valence-electron chi connectivity index (χ0n) is 13.5. The molecular formula is C19H23FN2S. The lowest BCUT2D eigenvalue weighted by molar-refractivity contribution is 0.247. The summed E-state index contributed by atoms with van der Waals surface area (Å²) in [6.45, 7) is 8.90. The van der Waals surface area contributed by atoms with E-state index in [2.05, 4.69) is 28.9 Å². The first kappa shape index (κ1) is 15.3. The second kappa shape index (κ2) is 6.34. The molecule has 2 saturated heterocycles. The lowest BCUT2D eigenvalue weighted by Gasteiger charge is -2.21. The summed E-state index contributed by atoms with van der Waals surface area (Å²) in [5.41, 5.74) is 1.09. The van der Waals surface area contributed by atoms with Crippen molar-refractivity contribution in [3.63, 3.8) is 0 Å². The number of benzene rings is 1. The van der Waals surface area contributed by atoms with E-state index in [1.807, 2.05) is 23.5 Å². The van der Waals surface area contributed by atoms with Crippen molar-refractivity contribution in [1.82, 2.24) is 9.80 Å². The molecule has 0 aliphatic carbocycles. The number of thiophene rings is 1. The molecular weight excluding hydrogens is 307 g/mol. The fourth-order valence-electron chi connectivity index (χ4n) is 4.13. The second-order valence-corrected chi connectivity index (χ2v) is 8.42. The molecule has 4 heteroatoms. The highest BCUT2D eigenvalue weighted by Crippen LogP contribution is 2.33. The molecule has 2 aromatic rings. The normalized spacial score (nSPS) is 25.1. The summed E-state index contributed by atoms with van der Waals surface area (Å²) in [5.74, 6) is 1.44. The molecule has 3 heterocycles. The molecule has 2 fully saturated rings. The first-order valence-corrected chi connectivity index (χ1v) is 9.22. The van der Waals surface area contributed by atoms with E-state index in [4.69, 9.17) is 0 Å². The zero-order valence-corrected chi connectivity index (χ0v) is 14.4. The summed E-state index contributed by atoms with van der Waals surface area (Å²) in [6, 6.07) is 11.5. The van der Waals surface area contributed by atoms with Gasteiger partial charge < -0.3 is 0 Å². The van der Waals surface area contributed by atoms with E-state index < -0.39 is 0 Å². The fourth-order valence-corrected chi connectivity index (χ4v) is 5.06. The highest BCUT2D eigenvalue weighted by atomic mass is 32.1. The molecule has 2 nitrogen and oxygen atoms in total. The van der Waals surface area contributed by atoms with Gasteiger partial charge in [0.15, 0.2) is 0 Å². The topological polar surface area (TPSA) is 6.48 Å². The third-order valence-corrected chi connectivity index (χ3v) is 6.09. The predicted molar refractivity (Wildman–Crippen MR) is 93.0 cm³/mol. The van der Waals surface area contributed by atoms with Crippen LogP contribution in [0.3, 0.4) is 0 Å². The molecule has 2 aliphatic rings. The number of aryl methyl sites for hydroxylation is 1. The van der Waals surface area contributed by atoms with Gasteiger partial charge in [0.1, 0.15) is 5.82 Å². The third-order valence-electron chi connectivity index (χ3n) is 5.11. The van der Waals surface area contributed by atoms with Gasteiger partial charge in [0.25, 0.3) is 0 Å². The standard InChI is InChI=1S/C19H23FN2S/c1-14-5-6-19(23-14)13-22-11-16-9-21(10-17(16)12-22)8-15-3-2-4-18(20)7-15/h2-7,16-17H,8-13H2,1H3/t16-,17-/m1/s1. The van der Waals surface area contributed by atoms with Gasteiger partial charge in [0, 0.05) is 49.0 Å². The smallest absolute Gasteiger partial charge is 0.123 e. The Bertz CT molecular complexity index is 670. The molecule has 122 valence electrons. The van der Waals surface area contributed by atoms with Gasteiger partial charge >= 0.3 is 0 Å². The van der Waals surface area contributed by atoms with Crippen LogP contribution in [0.2, 0.25) is 0 Å². The minimum atomic E-state index is -0.126. The van der Waals surface area contributed by atoms with Crippen LogP contribution in [-0.4, -0.2) is 36.0 Å². The minimum Gasteiger partial charge on any atom is -0.298 e. The third kappa shape index (κ3) is 3.49. The van der Waals surface area contributed by atoms with Gasteiger partial charge in [-0.15, -0.1) is 11.3 Å². The zero-order chi connectivity index (χ0) is 15.8. The Kier molecular flexibility index (Phi) is 4.22. The van der Waals surface area contributed by atoms with Crippen LogP contribution in [0.15, 0.2) is 36.4 Å². The molecule has 1 aromatic heterocycles. The molecule has 0 amide bonds. The summed E-state index contributed by atoms with van der Waals surface area (Å²) in [5, 5.41) is 0. The SMILES string of the molecule is Cc1ccc(CN2C[C@H]3CN(Cc4cccc(F)c4)C[C@@H]3C2)s1. The van der Waals surface area contributed by atoms with Crippen LogP contribution in [0.25, 0.3) is 0 Å². The largest absolute Gasteiger partial charge is 0.298 e. The monoisotopic (exact) mass is 330 g/mol. The van der Waals surface area contributed by atoms with Crippen LogP contribution in [0.1, 0.15) is 15.3 Å². The van der Waals surface area contributed by atoms with Crippen molar-refractivity contribution in [2.75, 3.05) is 26.2 Å². The van der Waals surface area contributed by atoms with E-state index in [-0.39, 0.29) is 5.82 Å². The van der Waals surface area contributed by atoms with Crippen LogP contribution < -0.4 is 0 Å². The van der Waals surface area contributed by atoms with Crippen molar-refractivity contribution >= 4 is 11.3 Å². The first-order valence-electron chi connectivity index (χ1n) is 8.40. The molecule has 4 rings (SSSR count). The number of fused-ring (bicyclic) bond motifs is 1. The van der Waals surface area contributed by atoms with Gasteiger partial charge in [-0.2, -0.15) is 0 Å². The Hall–Kier alpha value is -1.23. The average molecular weight is 330 g/mol. The van der Waals surface area contributed by atoms with Gasteiger partial charge in [-0.25, -0.2) is 4.39 Å². The number of halogens is 1. The van der Waals surface area contributed by atoms with Crippen molar-refractivity contribution in [3.8, 4) is 0 Å². The second-order valence-electron chi connectivity index (χ2n) is 7.05. The summed E-state index contributed by atoms with van der Waals surface area (Å²) in [4.78, 5) is 8.00. The van der Waals surface area contributed by atoms with Gasteiger partial charge in [-0.1, -0.05) is 12.1 Å². The number of rotatable bonds is 4. The molecule has 0 N–H and O–H groups in total. The maximum atomic E-state index is 13.3. The van der Waals surface area contributed by atoms with Gasteiger partial charge in [-0.05, 0) is 48.6 Å². The van der Waals surface area contributed by atoms with Crippen molar-refractivity contribution in [1.29, 1.82) is 0 Å². The minimum absolute atomic E-state index is 0.126. The quantitative estimate of drug-likeness (QED) is 0.842. The Morgan fingerprint density at radius 3 is 2.30 bits per heavy atom. The van der Waals surface area contributed by atoms with Crippen molar-refractivity contribution < 1.29 is 4.39 Å². The van der Waals surface area contributed by atoms with Crippen LogP contribution in [-0.2, 0) is 13.1 Å². The number of nitrogens with zero attached hydrogens (tertiary/aromatic N) is 2. The van der Waals surface area contributed by atoms with Crippen LogP contribution in [0, 0.1) is 24.6 Å². The number of hydrogen-bond acceptors (Lipinski definition) is 3. The Morgan fingerprint density at radius 2 is 1.70 bits per heavy atom. The van der Waals surface area contributed by atoms with E-state index in [1.54, 1.807) is 6.07 Å². The fraction of sp³-hybridized carbons (Fsp3) is 0.474. The van der Waals surface area contributed by atoms with Gasteiger partial charge in [0.2, 0.25) is 0 Å². The van der Waals surface area contributed by atoms with Crippen LogP contribution in [0.5, 0.6) is 0 Å². The summed E-state index contributed by atoms with van der Waals surface area (Å²) < 4.78 is 13.3. The van der Waals surface area contributed by atoms with Crippen LogP contribution >= 0.6 is 11.3 Å². The highest BCUT2D eigenvalue weighted by molar-refractivity contribution is 7.11. The van der Waals surface area contributed by atoms with E-state index in [0.717, 1.165) is 43.6 Å². The van der Waals surface area contributed by atoms with E-state index >= 15 is 0 Å². The summed E-state index contributed by atoms with van der Waals surface area (Å²) in [7, 11) is 0. The lowest BCUT2D eigenvalue weighted by Crippen LogP contribution is -2.28. The maximum absolute atomic E-state index is 13.3. The Labute approximate surface area is 141 Å². The van der Waals surface area contributed by atoms with Crippen molar-refractivity contribution in [3.05, 3.63) is 57.5 Å². The van der Waals surface area contributed by atoms with Crippen molar-refractivity contribution in [2.24, 2.45) is 11.8 Å². The van der Waals surface area contributed by atoms with Gasteiger partial charge in [-0.3, -0.25) is 9.80 Å². The molecule has 0 spiro atoms. The Morgan fingerprint density at radius 1 is 1.00 bits per heavy atom. The van der Waals surface area contributed by atoms with Gasteiger partial charge in [0.05, 0.1) is 0 Å². The number of likely N-dealkylation sites (tertiary alicyclic amines) is 2. The Balaban J connectivity index is 1.31. The molecule has 0 saturated carbocycles. The lowest BCUT2D eigenvalue weighted by atomic mass is 10.0. The molecule has 23 heavy (non-hydrogen) atoms. The van der Waals surface area contributed by atoms with Crippen molar-refractivity contribution in [2.45, 2.75) is 20.0 Å². The molecule has 1 aromatic carbocycles. The average Bonchev–Trinajstić information content (AvgIpc) is 3.14. The summed E-state index contributed by atoms with van der Waals surface area (Å²) in [6.07, 6.45) is 0. The molecule has 0 unspecified atom stereocenters. The molecule has 0 radical (unpaired) electrons. The van der Waals surface area contributed by atoms with E-state index in [1.165, 1.54) is 28.9 Å². The summed E-state index contributed by atoms with van der Waals surface area (Å²) >= 11 is 1.92. The van der Waals surface area contributed by atoms with E-state index in [0.29, 0.717) is 0 Å². The van der Waals surface area contributed by atoms with E-state index in [9.17, 15) is 4.39 Å². The molecule has 2 aliphatic heterocycles. The first-order chi connectivity index (χ1) is 11.2. The molecule has 0 bridgehead atoms. The molecule has 2 atom stereocenters. The highest BCUT2D eigenvalue weighted by Gasteiger charge is 2.39. The number of hydrogen-bond donors (Lipinski definition) is 0. The maximum Gasteiger partial charge on any atom is 0.123 e. The van der Waals surface area contributed by atoms with Crippen LogP contribution in [0.4, 0.5) is 4.39 Å².